The second-order valence-corrected chi connectivity index (χ2v) is 12.4. The fourth-order valence-electron chi connectivity index (χ4n) is 4.80. The average molecular weight is 603 g/mol. The molecule has 1 aliphatic heterocycles. The van der Waals surface area contributed by atoms with E-state index in [2.05, 4.69) is 15.6 Å². The normalized spacial score (nSPS) is 24.0. The fraction of sp³-hybridized carbons (Fsp3) is 0.458. The molecule has 1 aromatic heterocycles. The van der Waals surface area contributed by atoms with Crippen LogP contribution in [0.5, 0.6) is 0 Å². The topological polar surface area (TPSA) is 94.6 Å². The molecule has 0 bridgehead atoms. The summed E-state index contributed by atoms with van der Waals surface area (Å²) in [4.78, 5) is 29.1. The molecule has 3 unspecified atom stereocenters. The Morgan fingerprint density at radius 1 is 1.12 bits per heavy atom. The van der Waals surface area contributed by atoms with Crippen molar-refractivity contribution in [2.24, 2.45) is 0 Å². The number of hydrogen-bond donors (Lipinski definition) is 3. The molecule has 1 saturated carbocycles. The summed E-state index contributed by atoms with van der Waals surface area (Å²) in [7, 11) is -10.3. The van der Waals surface area contributed by atoms with Gasteiger partial charge in [-0.3, -0.25) is 19.5 Å². The summed E-state index contributed by atoms with van der Waals surface area (Å²) < 4.78 is 109. The lowest BCUT2D eigenvalue weighted by molar-refractivity contribution is -0.128. The van der Waals surface area contributed by atoms with Crippen molar-refractivity contribution in [3.63, 3.8) is 0 Å². The van der Waals surface area contributed by atoms with Gasteiger partial charge < -0.3 is 15.7 Å². The van der Waals surface area contributed by atoms with E-state index in [-0.39, 0.29) is 37.4 Å². The maximum Gasteiger partial charge on any atom is 0.310 e. The smallest absolute Gasteiger partial charge is 0.310 e. The van der Waals surface area contributed by atoms with Crippen molar-refractivity contribution in [1.82, 2.24) is 15.6 Å². The van der Waals surface area contributed by atoms with Crippen LogP contribution < -0.4 is 15.5 Å². The summed E-state index contributed by atoms with van der Waals surface area (Å²) in [6.45, 7) is -0.0596. The zero-order valence-electron chi connectivity index (χ0n) is 20.7. The van der Waals surface area contributed by atoms with E-state index in [1.807, 2.05) is 0 Å². The van der Waals surface area contributed by atoms with E-state index in [9.17, 15) is 42.9 Å². The number of carbonyl (C=O) groups is 2. The Kier molecular flexibility index (Phi) is 7.37. The first kappa shape index (κ1) is 30.0. The van der Waals surface area contributed by atoms with Crippen LogP contribution in [0.1, 0.15) is 43.7 Å². The number of carbonyl (C=O) groups excluding carboxylic acids is 2. The van der Waals surface area contributed by atoms with Crippen LogP contribution in [-0.4, -0.2) is 52.6 Å². The number of pyridine rings is 1. The molecule has 2 heterocycles. The van der Waals surface area contributed by atoms with Gasteiger partial charge in [0.2, 0.25) is 17.7 Å². The molecule has 3 atom stereocenters. The summed E-state index contributed by atoms with van der Waals surface area (Å²) >= 11 is 0. The fourth-order valence-corrected chi connectivity index (χ4v) is 5.45. The molecule has 2 fully saturated rings. The first-order valence-electron chi connectivity index (χ1n) is 12.2. The van der Waals surface area contributed by atoms with Crippen LogP contribution in [0, 0.1) is 5.82 Å². The van der Waals surface area contributed by atoms with Crippen molar-refractivity contribution in [3.05, 3.63) is 54.1 Å². The zero-order chi connectivity index (χ0) is 29.6. The van der Waals surface area contributed by atoms with Gasteiger partial charge in [-0.2, -0.15) is 0 Å². The number of halogens is 8. The number of alkyl halides is 2. The van der Waals surface area contributed by atoms with E-state index >= 15 is 4.39 Å². The highest BCUT2D eigenvalue weighted by atomic mass is 32.5. The second kappa shape index (κ2) is 9.83. The Labute approximate surface area is 223 Å². The largest absolute Gasteiger partial charge is 0.392 e. The van der Waals surface area contributed by atoms with Crippen molar-refractivity contribution in [2.45, 2.75) is 67.2 Å². The molecule has 1 saturated heterocycles. The van der Waals surface area contributed by atoms with Gasteiger partial charge in [-0.15, -0.1) is 0 Å². The highest BCUT2D eigenvalue weighted by Crippen LogP contribution is 3.02. The van der Waals surface area contributed by atoms with Crippen molar-refractivity contribution in [3.8, 4) is 0 Å². The maximum absolute atomic E-state index is 15.3. The maximum atomic E-state index is 15.3. The van der Waals surface area contributed by atoms with Crippen LogP contribution in [0.3, 0.4) is 0 Å². The number of aromatic nitrogens is 1. The summed E-state index contributed by atoms with van der Waals surface area (Å²) in [5.74, 6) is -6.81. The Bertz CT molecular complexity index is 1270. The number of nitrogens with zero attached hydrogens (tertiary/aromatic N) is 2. The number of rotatable bonds is 7. The molecule has 2 amide bonds. The van der Waals surface area contributed by atoms with Crippen LogP contribution in [0.2, 0.25) is 0 Å². The number of aliphatic hydroxyl groups is 1. The monoisotopic (exact) mass is 602 g/mol. The Balaban J connectivity index is 1.80. The first-order chi connectivity index (χ1) is 18.3. The predicted molar refractivity (Wildman–Crippen MR) is 130 cm³/mol. The molecule has 2 aliphatic rings. The molecule has 40 heavy (non-hydrogen) atoms. The highest BCUT2D eigenvalue weighted by Gasteiger charge is 2.65. The van der Waals surface area contributed by atoms with Crippen molar-refractivity contribution >= 4 is 27.7 Å². The van der Waals surface area contributed by atoms with Gasteiger partial charge in [0.25, 0.3) is 0 Å². The molecule has 222 valence electrons. The van der Waals surface area contributed by atoms with E-state index in [0.29, 0.717) is 11.0 Å². The van der Waals surface area contributed by atoms with E-state index in [0.717, 1.165) is 6.20 Å². The highest BCUT2D eigenvalue weighted by molar-refractivity contribution is 8.45. The molecule has 1 aromatic carbocycles. The van der Waals surface area contributed by atoms with Crippen LogP contribution in [0.25, 0.3) is 0 Å². The zero-order valence-corrected chi connectivity index (χ0v) is 21.5. The molecule has 0 radical (unpaired) electrons. The summed E-state index contributed by atoms with van der Waals surface area (Å²) in [6.07, 6.45) is -0.0281. The lowest BCUT2D eigenvalue weighted by atomic mass is 9.91. The Morgan fingerprint density at radius 2 is 1.80 bits per heavy atom. The Hall–Kier alpha value is -2.98. The molecule has 3 N–H and O–H groups in total. The summed E-state index contributed by atoms with van der Waals surface area (Å²) in [5.41, 5.74) is -0.942. The molecule has 1 aliphatic carbocycles. The molecule has 4 rings (SSSR count). The minimum atomic E-state index is -10.3. The van der Waals surface area contributed by atoms with Crippen LogP contribution >= 0.6 is 10.2 Å². The number of benzene rings is 1. The number of anilines is 1. The number of nitrogens with one attached hydrogen (secondary N) is 2. The minimum absolute atomic E-state index is 0.0239. The van der Waals surface area contributed by atoms with E-state index in [1.165, 1.54) is 18.3 Å². The first-order valence-corrected chi connectivity index (χ1v) is 14.2. The van der Waals surface area contributed by atoms with Crippen molar-refractivity contribution < 1.29 is 47.3 Å². The molecular weight excluding hydrogens is 576 g/mol. The van der Waals surface area contributed by atoms with Gasteiger partial charge in [0, 0.05) is 43.4 Å². The quantitative estimate of drug-likeness (QED) is 0.371. The molecule has 7 nitrogen and oxygen atoms in total. The standard InChI is InChI=1S/C24H26F8N4O3S/c25-18-11-17(40(28,29,30,31)32)3-4-20(18)36(23(39)19-10-16(37)13-34-19)21(14-2-1-9-33-12-14)22(38)35-15-5-7-24(26,27)8-6-15/h1-4,9,11-12,15-16,19,21,34,37H,5-8,10,13H2,(H,35,38). The molecule has 0 spiro atoms. The van der Waals surface area contributed by atoms with Crippen LogP contribution in [-0.2, 0) is 9.59 Å². The van der Waals surface area contributed by atoms with E-state index in [1.54, 1.807) is 0 Å². The third-order valence-corrected chi connectivity index (χ3v) is 7.98. The van der Waals surface area contributed by atoms with Gasteiger partial charge in [-0.1, -0.05) is 25.5 Å². The number of hydrogen-bond acceptors (Lipinski definition) is 5. The van der Waals surface area contributed by atoms with E-state index in [4.69, 9.17) is 0 Å². The van der Waals surface area contributed by atoms with Crippen molar-refractivity contribution in [2.75, 3.05) is 11.4 Å². The molecular formula is C24H26F8N4O3S. The SMILES string of the molecule is O=C(NC1CCC(F)(F)CC1)C(c1cccnc1)N(C(=O)C1CC(O)CN1)c1ccc(S(F)(F)(F)(F)F)cc1F. The molecule has 16 heteroatoms. The van der Waals surface area contributed by atoms with Gasteiger partial charge in [0.15, 0.2) is 0 Å². The Morgan fingerprint density at radius 3 is 2.33 bits per heavy atom. The van der Waals surface area contributed by atoms with Crippen LogP contribution in [0.15, 0.2) is 47.6 Å². The third kappa shape index (κ3) is 6.83. The predicted octanol–water partition coefficient (Wildman–Crippen LogP) is 5.37. The minimum Gasteiger partial charge on any atom is -0.392 e. The van der Waals surface area contributed by atoms with Gasteiger partial charge in [-0.05, 0) is 43.5 Å². The third-order valence-electron chi connectivity index (χ3n) is 6.84. The lowest BCUT2D eigenvalue weighted by Gasteiger charge is -2.41. The summed E-state index contributed by atoms with van der Waals surface area (Å²) in [6, 6.07) is -1.28. The second-order valence-electron chi connectivity index (χ2n) is 9.97. The van der Waals surface area contributed by atoms with Gasteiger partial charge >= 0.3 is 10.2 Å². The average Bonchev–Trinajstić information content (AvgIpc) is 3.29. The molecule has 2 aromatic rings. The number of amides is 2. The number of β-amino-alcohol motifs (C(OH)–C–C–N with tert-alkyl or cyclic N) is 1. The lowest BCUT2D eigenvalue weighted by Crippen LogP contribution is -2.52. The van der Waals surface area contributed by atoms with Gasteiger partial charge in [-0.25, -0.2) is 13.2 Å². The summed E-state index contributed by atoms with van der Waals surface area (Å²) in [5, 5.41) is 15.1. The van der Waals surface area contributed by atoms with Gasteiger partial charge in [0.1, 0.15) is 16.8 Å². The van der Waals surface area contributed by atoms with E-state index < -0.39 is 87.5 Å². The van der Waals surface area contributed by atoms with Gasteiger partial charge in [0.05, 0.1) is 17.8 Å². The number of aliphatic hydroxyl groups excluding tert-OH is 1. The van der Waals surface area contributed by atoms with Crippen LogP contribution in [0.4, 0.5) is 38.3 Å². The van der Waals surface area contributed by atoms with Crippen molar-refractivity contribution in [1.29, 1.82) is 0 Å².